The lowest BCUT2D eigenvalue weighted by atomic mass is 9.44. The number of ether oxygens (including phenoxy) is 4. The first-order valence-corrected chi connectivity index (χ1v) is 14.5. The molecule has 3 saturated carbocycles. The van der Waals surface area contributed by atoms with Crippen LogP contribution in [0.25, 0.3) is 0 Å². The molecular formula is C30H34F2N2O10. The molecule has 14 heteroatoms. The number of H-pyrrole nitrogens is 1. The molecular weight excluding hydrogens is 586 g/mol. The molecule has 2 N–H and O–H groups in total. The van der Waals surface area contributed by atoms with Crippen molar-refractivity contribution in [2.24, 2.45) is 22.7 Å². The van der Waals surface area contributed by atoms with Crippen molar-refractivity contribution >= 4 is 17.7 Å². The van der Waals surface area contributed by atoms with Gasteiger partial charge >= 0.3 is 11.8 Å². The van der Waals surface area contributed by atoms with Crippen LogP contribution in [-0.4, -0.2) is 68.3 Å². The number of nitrogens with one attached hydrogen (secondary N) is 1. The molecule has 1 aromatic heterocycles. The number of ketones is 2. The summed E-state index contributed by atoms with van der Waals surface area (Å²) in [7, 11) is 0. The number of hydrogen-bond acceptors (Lipinski definition) is 10. The average molecular weight is 621 g/mol. The van der Waals surface area contributed by atoms with Gasteiger partial charge in [-0.25, -0.2) is 14.0 Å². The van der Waals surface area contributed by atoms with Gasteiger partial charge in [0.05, 0.1) is 18.4 Å². The summed E-state index contributed by atoms with van der Waals surface area (Å²) in [6.07, 6.45) is 2.01. The number of fused-ring (bicyclic) bond motifs is 7. The fourth-order valence-corrected chi connectivity index (χ4v) is 8.78. The van der Waals surface area contributed by atoms with Crippen LogP contribution >= 0.6 is 0 Å². The van der Waals surface area contributed by atoms with Crippen molar-refractivity contribution in [3.63, 3.8) is 0 Å². The Labute approximate surface area is 250 Å². The number of hydrogen-bond donors (Lipinski definition) is 2. The minimum Gasteiger partial charge on any atom is -0.426 e. The minimum atomic E-state index is -2.13. The van der Waals surface area contributed by atoms with Gasteiger partial charge in [0.25, 0.3) is 5.56 Å². The van der Waals surface area contributed by atoms with Gasteiger partial charge in [0.2, 0.25) is 11.6 Å². The number of aliphatic hydroxyl groups is 1. The van der Waals surface area contributed by atoms with E-state index in [0.717, 1.165) is 0 Å². The third kappa shape index (κ3) is 4.06. The predicted octanol–water partition coefficient (Wildman–Crippen LogP) is 2.23. The quantitative estimate of drug-likeness (QED) is 0.467. The van der Waals surface area contributed by atoms with Gasteiger partial charge in [-0.1, -0.05) is 18.6 Å². The van der Waals surface area contributed by atoms with E-state index in [9.17, 15) is 33.5 Å². The van der Waals surface area contributed by atoms with Crippen molar-refractivity contribution in [1.82, 2.24) is 9.55 Å². The zero-order chi connectivity index (χ0) is 32.0. The molecule has 44 heavy (non-hydrogen) atoms. The van der Waals surface area contributed by atoms with Crippen LogP contribution in [-0.2, 0) is 35.3 Å². The first kappa shape index (κ1) is 30.5. The number of aliphatic hydroxyl groups excluding tert-OH is 1. The fourth-order valence-electron chi connectivity index (χ4n) is 8.78. The Balaban J connectivity index is 1.26. The molecule has 0 radical (unpaired) electrons. The van der Waals surface area contributed by atoms with Crippen molar-refractivity contribution in [3.8, 4) is 0 Å². The maximum atomic E-state index is 17.5. The monoisotopic (exact) mass is 620 g/mol. The van der Waals surface area contributed by atoms with Crippen LogP contribution in [0.2, 0.25) is 0 Å². The number of carbonyl (C=O) groups excluding carboxylic acids is 3. The Kier molecular flexibility index (Phi) is 6.77. The summed E-state index contributed by atoms with van der Waals surface area (Å²) in [5, 5.41) is 11.6. The van der Waals surface area contributed by atoms with Crippen molar-refractivity contribution in [1.29, 1.82) is 0 Å². The molecule has 0 amide bonds. The molecule has 4 aliphatic carbocycles. The molecule has 1 saturated heterocycles. The number of rotatable bonds is 5. The van der Waals surface area contributed by atoms with Gasteiger partial charge in [0, 0.05) is 16.7 Å². The van der Waals surface area contributed by atoms with E-state index in [2.05, 4.69) is 0 Å². The molecule has 8 atom stereocenters. The Morgan fingerprint density at radius 1 is 1.16 bits per heavy atom. The smallest absolute Gasteiger partial charge is 0.426 e. The van der Waals surface area contributed by atoms with Crippen LogP contribution in [0.1, 0.15) is 53.4 Å². The topological polar surface area (TPSA) is 163 Å². The van der Waals surface area contributed by atoms with Gasteiger partial charge in [-0.3, -0.25) is 23.9 Å². The SMILES string of the molecule is CC1(C)O[C@@H]2CC3C4CCC5=CC(=O)C=CC5(C)[C@@]4(F)[C@@H](O)CC3(C)C2(C(=O)COC(=O)OCn2cc(F)c(=O)[nH]c2=O)O1. The molecule has 1 aromatic rings. The van der Waals surface area contributed by atoms with E-state index in [1.165, 1.54) is 12.2 Å². The highest BCUT2D eigenvalue weighted by atomic mass is 19.1. The van der Waals surface area contributed by atoms with Crippen LogP contribution in [0.3, 0.4) is 0 Å². The van der Waals surface area contributed by atoms with Crippen molar-refractivity contribution in [2.75, 3.05) is 6.61 Å². The minimum absolute atomic E-state index is 0.165. The highest BCUT2D eigenvalue weighted by Crippen LogP contribution is 2.72. The number of carbonyl (C=O) groups is 3. The molecule has 238 valence electrons. The fraction of sp³-hybridized carbons (Fsp3) is 0.633. The molecule has 5 unspecified atom stereocenters. The molecule has 5 aliphatic rings. The summed E-state index contributed by atoms with van der Waals surface area (Å²) in [6, 6.07) is 0. The zero-order valence-corrected chi connectivity index (χ0v) is 24.7. The molecule has 1 aliphatic heterocycles. The predicted molar refractivity (Wildman–Crippen MR) is 145 cm³/mol. The van der Waals surface area contributed by atoms with Gasteiger partial charge in [-0.05, 0) is 64.5 Å². The highest BCUT2D eigenvalue weighted by molar-refractivity contribution is 6.01. The Morgan fingerprint density at radius 3 is 2.61 bits per heavy atom. The van der Waals surface area contributed by atoms with Crippen LogP contribution in [0, 0.1) is 28.5 Å². The molecule has 2 heterocycles. The van der Waals surface area contributed by atoms with Gasteiger partial charge in [-0.15, -0.1) is 0 Å². The van der Waals surface area contributed by atoms with E-state index in [1.54, 1.807) is 38.8 Å². The van der Waals surface area contributed by atoms with Crippen LogP contribution in [0.4, 0.5) is 13.6 Å². The number of aromatic amines is 1. The van der Waals surface area contributed by atoms with E-state index >= 15 is 4.39 Å². The lowest BCUT2D eigenvalue weighted by Gasteiger charge is -2.62. The second kappa shape index (κ2) is 9.75. The highest BCUT2D eigenvalue weighted by Gasteiger charge is 2.80. The standard InChI is InChI=1S/C30H34F2N2O10/c1-26(2)43-22-10-18-17-6-5-15-9-16(35)7-8-27(15,3)29(17,32)20(36)11-28(18,4)30(22,44-26)21(37)13-41-25(40)42-14-34-12-19(31)23(38)33-24(34)39/h7-9,12,17-18,20,22,36H,5-6,10-11,13-14H2,1-4H3,(H,33,38,39)/t17?,18?,20-,22+,27?,28?,29-,30?/m0/s1. The van der Waals surface area contributed by atoms with E-state index in [4.69, 9.17) is 18.9 Å². The van der Waals surface area contributed by atoms with Gasteiger partial charge in [-0.2, -0.15) is 4.39 Å². The number of Topliss-reactive ketones (excluding diaryl/α,β-unsaturated/α-hetero) is 1. The molecule has 6 rings (SSSR count). The molecule has 0 bridgehead atoms. The van der Waals surface area contributed by atoms with Gasteiger partial charge in [0.15, 0.2) is 36.2 Å². The molecule has 12 nitrogen and oxygen atoms in total. The van der Waals surface area contributed by atoms with E-state index < -0.39 is 94.3 Å². The van der Waals surface area contributed by atoms with Crippen molar-refractivity contribution in [2.45, 2.75) is 89.4 Å². The Morgan fingerprint density at radius 2 is 1.89 bits per heavy atom. The van der Waals surface area contributed by atoms with Crippen molar-refractivity contribution < 1.29 is 47.2 Å². The van der Waals surface area contributed by atoms with E-state index in [1.807, 2.05) is 0 Å². The molecule has 4 fully saturated rings. The number of allylic oxidation sites excluding steroid dienone is 4. The van der Waals surface area contributed by atoms with Crippen LogP contribution in [0.5, 0.6) is 0 Å². The van der Waals surface area contributed by atoms with E-state index in [0.29, 0.717) is 29.2 Å². The summed E-state index contributed by atoms with van der Waals surface area (Å²) in [4.78, 5) is 63.3. The zero-order valence-electron chi connectivity index (χ0n) is 24.7. The summed E-state index contributed by atoms with van der Waals surface area (Å²) in [6.45, 7) is 5.10. The second-order valence-electron chi connectivity index (χ2n) is 13.3. The summed E-state index contributed by atoms with van der Waals surface area (Å²) >= 11 is 0. The normalized spacial score (nSPS) is 39.9. The lowest BCUT2D eigenvalue weighted by molar-refractivity contribution is -0.246. The maximum absolute atomic E-state index is 17.5. The summed E-state index contributed by atoms with van der Waals surface area (Å²) < 4.78 is 54.1. The number of halogens is 2. The second-order valence-corrected chi connectivity index (χ2v) is 13.3. The molecule has 0 aromatic carbocycles. The largest absolute Gasteiger partial charge is 0.510 e. The maximum Gasteiger partial charge on any atom is 0.510 e. The number of aromatic nitrogens is 2. The Bertz CT molecular complexity index is 1630. The summed E-state index contributed by atoms with van der Waals surface area (Å²) in [5.74, 6) is -4.57. The van der Waals surface area contributed by atoms with Gasteiger partial charge < -0.3 is 24.1 Å². The number of nitrogens with zero attached hydrogens (tertiary/aromatic N) is 1. The molecule has 0 spiro atoms. The first-order chi connectivity index (χ1) is 20.5. The van der Waals surface area contributed by atoms with Crippen LogP contribution < -0.4 is 11.2 Å². The average Bonchev–Trinajstić information content (AvgIpc) is 3.35. The van der Waals surface area contributed by atoms with Gasteiger partial charge in [0.1, 0.15) is 0 Å². The van der Waals surface area contributed by atoms with Crippen molar-refractivity contribution in [3.05, 3.63) is 56.7 Å². The van der Waals surface area contributed by atoms with Crippen LogP contribution in [0.15, 0.2) is 39.6 Å². The first-order valence-electron chi connectivity index (χ1n) is 14.5. The van der Waals surface area contributed by atoms with E-state index in [-0.39, 0.29) is 18.6 Å². The third-order valence-electron chi connectivity index (χ3n) is 10.7. The summed E-state index contributed by atoms with van der Waals surface area (Å²) in [5.41, 5.74) is -7.83. The Hall–Kier alpha value is -3.49. The number of alkyl halides is 1. The lowest BCUT2D eigenvalue weighted by Crippen LogP contribution is -2.70. The third-order valence-corrected chi connectivity index (χ3v) is 10.7.